The van der Waals surface area contributed by atoms with Crippen LogP contribution in [0.5, 0.6) is 0 Å². The zero-order chi connectivity index (χ0) is 12.0. The number of hydrogen-bond acceptors (Lipinski definition) is 3. The molecule has 3 atom stereocenters. The van der Waals surface area contributed by atoms with Gasteiger partial charge in [0.25, 0.3) is 0 Å². The van der Waals surface area contributed by atoms with Crippen LogP contribution in [0.2, 0.25) is 5.02 Å². The van der Waals surface area contributed by atoms with Gasteiger partial charge in [0.05, 0.1) is 10.7 Å². The molecule has 2 aliphatic rings. The molecule has 1 fully saturated rings. The van der Waals surface area contributed by atoms with Gasteiger partial charge in [-0.25, -0.2) is 0 Å². The van der Waals surface area contributed by atoms with E-state index in [0.717, 1.165) is 30.2 Å². The zero-order valence-corrected chi connectivity index (χ0v) is 10.7. The Labute approximate surface area is 107 Å². The van der Waals surface area contributed by atoms with Crippen molar-refractivity contribution >= 4 is 17.3 Å². The number of anilines is 1. The molecule has 0 aromatic heterocycles. The number of fused-ring (bicyclic) bond motifs is 2. The van der Waals surface area contributed by atoms with Crippen LogP contribution in [0.25, 0.3) is 0 Å². The Balaban J connectivity index is 2.10. The molecule has 17 heavy (non-hydrogen) atoms. The van der Waals surface area contributed by atoms with E-state index in [4.69, 9.17) is 17.3 Å². The summed E-state index contributed by atoms with van der Waals surface area (Å²) in [4.78, 5) is 2.33. The lowest BCUT2D eigenvalue weighted by Gasteiger charge is -2.47. The number of nitrogens with one attached hydrogen (secondary N) is 1. The Hall–Kier alpha value is -0.770. The second-order valence-corrected chi connectivity index (χ2v) is 5.45. The van der Waals surface area contributed by atoms with Crippen LogP contribution in [0, 0.1) is 5.92 Å². The van der Waals surface area contributed by atoms with Gasteiger partial charge in [-0.2, -0.15) is 0 Å². The first-order chi connectivity index (χ1) is 8.20. The van der Waals surface area contributed by atoms with Gasteiger partial charge in [0.2, 0.25) is 0 Å². The number of nitrogens with zero attached hydrogens (tertiary/aromatic N) is 1. The van der Waals surface area contributed by atoms with E-state index in [1.807, 2.05) is 12.1 Å². The third kappa shape index (κ3) is 1.65. The van der Waals surface area contributed by atoms with Crippen molar-refractivity contribution < 1.29 is 0 Å². The molecule has 0 spiro atoms. The minimum Gasteiger partial charge on any atom is -0.370 e. The average Bonchev–Trinajstić information content (AvgIpc) is 2.36. The highest BCUT2D eigenvalue weighted by molar-refractivity contribution is 6.33. The average molecular weight is 252 g/mol. The SMILES string of the molecule is CN1c2c(Cl)cccc2C(N)C2CNCCC21. The largest absolute Gasteiger partial charge is 0.370 e. The van der Waals surface area contributed by atoms with Gasteiger partial charge in [0.1, 0.15) is 0 Å². The Morgan fingerprint density at radius 1 is 1.47 bits per heavy atom. The maximum Gasteiger partial charge on any atom is 0.0643 e. The lowest BCUT2D eigenvalue weighted by atomic mass is 9.79. The van der Waals surface area contributed by atoms with Crippen LogP contribution in [0.1, 0.15) is 18.0 Å². The quantitative estimate of drug-likeness (QED) is 0.739. The van der Waals surface area contributed by atoms with E-state index in [2.05, 4.69) is 23.3 Å². The molecule has 3 N–H and O–H groups in total. The summed E-state index contributed by atoms with van der Waals surface area (Å²) in [5, 5.41) is 4.26. The number of para-hydroxylation sites is 1. The van der Waals surface area contributed by atoms with Crippen LogP contribution < -0.4 is 16.0 Å². The maximum absolute atomic E-state index is 6.41. The molecular formula is C13H18ClN3. The summed E-state index contributed by atoms with van der Waals surface area (Å²) < 4.78 is 0. The summed E-state index contributed by atoms with van der Waals surface area (Å²) in [6.45, 7) is 2.07. The van der Waals surface area contributed by atoms with E-state index in [1.165, 1.54) is 5.56 Å². The summed E-state index contributed by atoms with van der Waals surface area (Å²) >= 11 is 6.32. The number of rotatable bonds is 0. The number of halogens is 1. The highest BCUT2D eigenvalue weighted by Crippen LogP contribution is 2.43. The van der Waals surface area contributed by atoms with Gasteiger partial charge in [-0.1, -0.05) is 23.7 Å². The fourth-order valence-electron chi connectivity index (χ4n) is 3.29. The third-order valence-electron chi connectivity index (χ3n) is 4.18. The highest BCUT2D eigenvalue weighted by atomic mass is 35.5. The van der Waals surface area contributed by atoms with Crippen LogP contribution in [0.4, 0.5) is 5.69 Å². The summed E-state index contributed by atoms with van der Waals surface area (Å²) in [5.74, 6) is 0.486. The topological polar surface area (TPSA) is 41.3 Å². The summed E-state index contributed by atoms with van der Waals surface area (Å²) in [5.41, 5.74) is 8.72. The molecule has 92 valence electrons. The Morgan fingerprint density at radius 2 is 2.29 bits per heavy atom. The molecule has 0 amide bonds. The minimum absolute atomic E-state index is 0.0951. The number of benzene rings is 1. The van der Waals surface area contributed by atoms with E-state index in [1.54, 1.807) is 0 Å². The van der Waals surface area contributed by atoms with Crippen molar-refractivity contribution in [3.63, 3.8) is 0 Å². The van der Waals surface area contributed by atoms with Crippen LogP contribution in [-0.4, -0.2) is 26.2 Å². The van der Waals surface area contributed by atoms with Gasteiger partial charge < -0.3 is 16.0 Å². The lowest BCUT2D eigenvalue weighted by molar-refractivity contribution is 0.263. The minimum atomic E-state index is 0.0951. The number of hydrogen-bond donors (Lipinski definition) is 2. The molecule has 0 saturated carbocycles. The molecular weight excluding hydrogens is 234 g/mol. The number of piperidine rings is 1. The van der Waals surface area contributed by atoms with Crippen molar-refractivity contribution in [1.29, 1.82) is 0 Å². The van der Waals surface area contributed by atoms with Gasteiger partial charge in [-0.15, -0.1) is 0 Å². The summed E-state index contributed by atoms with van der Waals surface area (Å²) in [6, 6.07) is 6.65. The van der Waals surface area contributed by atoms with Gasteiger partial charge in [0, 0.05) is 31.6 Å². The van der Waals surface area contributed by atoms with Gasteiger partial charge in [-0.05, 0) is 24.6 Å². The Kier molecular flexibility index (Phi) is 2.77. The second kappa shape index (κ2) is 4.16. The standard InChI is InChI=1S/C13H18ClN3/c1-17-11-5-6-16-7-9(11)12(15)8-3-2-4-10(14)13(8)17/h2-4,9,11-12,16H,5-7,15H2,1H3. The molecule has 2 heterocycles. The molecule has 2 aliphatic heterocycles. The van der Waals surface area contributed by atoms with Crippen molar-refractivity contribution in [2.24, 2.45) is 11.7 Å². The number of nitrogens with two attached hydrogens (primary N) is 1. The van der Waals surface area contributed by atoms with E-state index in [9.17, 15) is 0 Å². The predicted molar refractivity (Wildman–Crippen MR) is 71.5 cm³/mol. The molecule has 3 nitrogen and oxygen atoms in total. The molecule has 0 aliphatic carbocycles. The third-order valence-corrected chi connectivity index (χ3v) is 4.48. The molecule has 0 bridgehead atoms. The van der Waals surface area contributed by atoms with Crippen molar-refractivity contribution in [3.8, 4) is 0 Å². The predicted octanol–water partition coefficient (Wildman–Crippen LogP) is 1.77. The first-order valence-corrected chi connectivity index (χ1v) is 6.55. The Morgan fingerprint density at radius 3 is 3.12 bits per heavy atom. The van der Waals surface area contributed by atoms with E-state index in [0.29, 0.717) is 12.0 Å². The van der Waals surface area contributed by atoms with Gasteiger partial charge >= 0.3 is 0 Å². The molecule has 3 rings (SSSR count). The van der Waals surface area contributed by atoms with Crippen molar-refractivity contribution in [3.05, 3.63) is 28.8 Å². The highest BCUT2D eigenvalue weighted by Gasteiger charge is 2.39. The van der Waals surface area contributed by atoms with Crippen molar-refractivity contribution in [2.75, 3.05) is 25.0 Å². The van der Waals surface area contributed by atoms with Crippen LogP contribution in [0.3, 0.4) is 0 Å². The summed E-state index contributed by atoms with van der Waals surface area (Å²) in [7, 11) is 2.14. The molecule has 1 saturated heterocycles. The molecule has 1 aromatic rings. The van der Waals surface area contributed by atoms with E-state index in [-0.39, 0.29) is 6.04 Å². The maximum atomic E-state index is 6.41. The zero-order valence-electron chi connectivity index (χ0n) is 9.99. The first kappa shape index (κ1) is 11.3. The van der Waals surface area contributed by atoms with Crippen molar-refractivity contribution in [1.82, 2.24) is 5.32 Å². The van der Waals surface area contributed by atoms with E-state index < -0.39 is 0 Å². The Bertz CT molecular complexity index is 435. The van der Waals surface area contributed by atoms with Crippen LogP contribution in [0.15, 0.2) is 18.2 Å². The normalized spacial score (nSPS) is 31.9. The van der Waals surface area contributed by atoms with Gasteiger partial charge in [-0.3, -0.25) is 0 Å². The monoisotopic (exact) mass is 251 g/mol. The molecule has 0 radical (unpaired) electrons. The summed E-state index contributed by atoms with van der Waals surface area (Å²) in [6.07, 6.45) is 1.14. The second-order valence-electron chi connectivity index (χ2n) is 5.04. The lowest BCUT2D eigenvalue weighted by Crippen LogP contribution is -2.55. The van der Waals surface area contributed by atoms with Crippen molar-refractivity contribution in [2.45, 2.75) is 18.5 Å². The van der Waals surface area contributed by atoms with Crippen LogP contribution in [-0.2, 0) is 0 Å². The van der Waals surface area contributed by atoms with Gasteiger partial charge in [0.15, 0.2) is 0 Å². The molecule has 1 aromatic carbocycles. The molecule has 4 heteroatoms. The van der Waals surface area contributed by atoms with Crippen LogP contribution >= 0.6 is 11.6 Å². The molecule has 3 unspecified atom stereocenters. The smallest absolute Gasteiger partial charge is 0.0643 e. The fourth-order valence-corrected chi connectivity index (χ4v) is 3.60. The fraction of sp³-hybridized carbons (Fsp3) is 0.538. The van der Waals surface area contributed by atoms with E-state index >= 15 is 0 Å². The first-order valence-electron chi connectivity index (χ1n) is 6.17.